The van der Waals surface area contributed by atoms with Gasteiger partial charge in [0.05, 0.1) is 9.88 Å². The molecule has 1 aliphatic carbocycles. The second-order valence-electron chi connectivity index (χ2n) is 4.28. The fourth-order valence-corrected chi connectivity index (χ4v) is 2.49. The van der Waals surface area contributed by atoms with Crippen LogP contribution in [0, 0.1) is 11.8 Å². The lowest BCUT2D eigenvalue weighted by Crippen LogP contribution is -2.04. The zero-order chi connectivity index (χ0) is 10.1. The highest BCUT2D eigenvalue weighted by Gasteiger charge is 2.23. The van der Waals surface area contributed by atoms with Crippen molar-refractivity contribution in [2.75, 3.05) is 0 Å². The minimum atomic E-state index is 0.0872. The average molecular weight is 209 g/mol. The monoisotopic (exact) mass is 209 g/mol. The van der Waals surface area contributed by atoms with Gasteiger partial charge in [-0.15, -0.1) is 11.3 Å². The predicted octanol–water partition coefficient (Wildman–Crippen LogP) is 2.93. The van der Waals surface area contributed by atoms with Gasteiger partial charge in [0.1, 0.15) is 0 Å². The number of carbonyl (C=O) groups is 1. The van der Waals surface area contributed by atoms with Crippen molar-refractivity contribution in [2.24, 2.45) is 11.8 Å². The lowest BCUT2D eigenvalue weighted by molar-refractivity contribution is 0.0943. The molecule has 1 aliphatic rings. The molecule has 2 rings (SSSR count). The summed E-state index contributed by atoms with van der Waals surface area (Å²) in [5.41, 5.74) is 0. The van der Waals surface area contributed by atoms with Crippen molar-refractivity contribution in [1.82, 2.24) is 4.98 Å². The first-order chi connectivity index (χ1) is 6.66. The van der Waals surface area contributed by atoms with Gasteiger partial charge in [-0.1, -0.05) is 13.8 Å². The van der Waals surface area contributed by atoms with Gasteiger partial charge in [0, 0.05) is 18.5 Å². The van der Waals surface area contributed by atoms with E-state index in [0.717, 1.165) is 22.2 Å². The molecular weight excluding hydrogens is 194 g/mol. The number of hydrogen-bond donors (Lipinski definition) is 0. The molecule has 1 fully saturated rings. The van der Waals surface area contributed by atoms with E-state index in [1.165, 1.54) is 12.8 Å². The van der Waals surface area contributed by atoms with Gasteiger partial charge < -0.3 is 0 Å². The summed E-state index contributed by atoms with van der Waals surface area (Å²) in [5.74, 6) is 1.16. The van der Waals surface area contributed by atoms with E-state index in [2.05, 4.69) is 4.98 Å². The number of hydrogen-bond acceptors (Lipinski definition) is 3. The van der Waals surface area contributed by atoms with Crippen LogP contribution < -0.4 is 0 Å². The molecule has 0 aromatic carbocycles. The summed E-state index contributed by atoms with van der Waals surface area (Å²) in [4.78, 5) is 16.8. The van der Waals surface area contributed by atoms with Crippen molar-refractivity contribution in [3.05, 3.63) is 16.1 Å². The molecule has 76 valence electrons. The molecule has 0 spiro atoms. The van der Waals surface area contributed by atoms with E-state index >= 15 is 0 Å². The highest BCUT2D eigenvalue weighted by Crippen LogP contribution is 2.33. The summed E-state index contributed by atoms with van der Waals surface area (Å²) >= 11 is 1.58. The maximum absolute atomic E-state index is 11.6. The van der Waals surface area contributed by atoms with E-state index in [1.54, 1.807) is 17.5 Å². The van der Waals surface area contributed by atoms with Crippen molar-refractivity contribution in [3.8, 4) is 0 Å². The Bertz CT molecular complexity index is 339. The maximum Gasteiger partial charge on any atom is 0.176 e. The molecular formula is C11H15NOS. The molecule has 0 atom stereocenters. The zero-order valence-electron chi connectivity index (χ0n) is 8.62. The van der Waals surface area contributed by atoms with Crippen LogP contribution in [0.15, 0.2) is 6.20 Å². The van der Waals surface area contributed by atoms with E-state index in [0.29, 0.717) is 0 Å². The van der Waals surface area contributed by atoms with Gasteiger partial charge in [0.15, 0.2) is 5.78 Å². The van der Waals surface area contributed by atoms with Crippen molar-refractivity contribution in [2.45, 2.75) is 33.1 Å². The molecule has 0 unspecified atom stereocenters. The normalized spacial score (nSPS) is 16.2. The van der Waals surface area contributed by atoms with Gasteiger partial charge in [-0.3, -0.25) is 4.79 Å². The molecule has 0 saturated heterocycles. The Morgan fingerprint density at radius 2 is 2.36 bits per heavy atom. The van der Waals surface area contributed by atoms with Crippen molar-refractivity contribution in [3.63, 3.8) is 0 Å². The molecule has 3 heteroatoms. The van der Waals surface area contributed by atoms with Crippen molar-refractivity contribution in [1.29, 1.82) is 0 Å². The molecule has 1 saturated carbocycles. The molecule has 1 aromatic heterocycles. The Kier molecular flexibility index (Phi) is 2.68. The van der Waals surface area contributed by atoms with Crippen LogP contribution in [0.2, 0.25) is 0 Å². The predicted molar refractivity (Wildman–Crippen MR) is 57.7 cm³/mol. The third kappa shape index (κ3) is 2.21. The fraction of sp³-hybridized carbons (Fsp3) is 0.636. The minimum Gasteiger partial charge on any atom is -0.293 e. The Morgan fingerprint density at radius 3 is 2.93 bits per heavy atom. The maximum atomic E-state index is 11.6. The SMILES string of the molecule is CC(C)C(=O)c1cnc(CC2CC2)s1. The van der Waals surface area contributed by atoms with Crippen LogP contribution in [0.1, 0.15) is 41.4 Å². The smallest absolute Gasteiger partial charge is 0.176 e. The van der Waals surface area contributed by atoms with E-state index in [4.69, 9.17) is 0 Å². The Hall–Kier alpha value is -0.700. The first-order valence-electron chi connectivity index (χ1n) is 5.15. The number of carbonyl (C=O) groups excluding carboxylic acids is 1. The van der Waals surface area contributed by atoms with E-state index in [9.17, 15) is 4.79 Å². The topological polar surface area (TPSA) is 30.0 Å². The number of Topliss-reactive ketones (excluding diaryl/α,β-unsaturated/α-hetero) is 1. The Balaban J connectivity index is 2.04. The Labute approximate surface area is 88.4 Å². The average Bonchev–Trinajstić information content (AvgIpc) is 2.81. The van der Waals surface area contributed by atoms with Gasteiger partial charge in [-0.25, -0.2) is 4.98 Å². The molecule has 0 amide bonds. The van der Waals surface area contributed by atoms with E-state index < -0.39 is 0 Å². The minimum absolute atomic E-state index is 0.0872. The first kappa shape index (κ1) is 9.84. The molecule has 2 nitrogen and oxygen atoms in total. The second kappa shape index (κ2) is 3.81. The van der Waals surface area contributed by atoms with Crippen molar-refractivity contribution >= 4 is 17.1 Å². The third-order valence-corrected chi connectivity index (χ3v) is 3.52. The number of nitrogens with zero attached hydrogens (tertiary/aromatic N) is 1. The number of rotatable bonds is 4. The van der Waals surface area contributed by atoms with Crippen LogP contribution in [0.3, 0.4) is 0 Å². The van der Waals surface area contributed by atoms with Gasteiger partial charge in [-0.2, -0.15) is 0 Å². The molecule has 0 radical (unpaired) electrons. The van der Waals surface area contributed by atoms with Crippen LogP contribution >= 0.6 is 11.3 Å². The van der Waals surface area contributed by atoms with Gasteiger partial charge >= 0.3 is 0 Å². The lowest BCUT2D eigenvalue weighted by Gasteiger charge is -1.98. The number of thiazole rings is 1. The van der Waals surface area contributed by atoms with Crippen LogP contribution in [0.5, 0.6) is 0 Å². The third-order valence-electron chi connectivity index (χ3n) is 2.48. The number of aromatic nitrogens is 1. The summed E-state index contributed by atoms with van der Waals surface area (Å²) in [6.45, 7) is 3.87. The van der Waals surface area contributed by atoms with E-state index in [1.807, 2.05) is 13.8 Å². The molecule has 14 heavy (non-hydrogen) atoms. The van der Waals surface area contributed by atoms with Crippen LogP contribution in [0.25, 0.3) is 0 Å². The highest BCUT2D eigenvalue weighted by atomic mass is 32.1. The van der Waals surface area contributed by atoms with Gasteiger partial charge in [-0.05, 0) is 18.8 Å². The second-order valence-corrected chi connectivity index (χ2v) is 5.40. The fourth-order valence-electron chi connectivity index (χ4n) is 1.37. The van der Waals surface area contributed by atoms with Gasteiger partial charge in [0.2, 0.25) is 0 Å². The summed E-state index contributed by atoms with van der Waals surface area (Å²) in [6.07, 6.45) is 5.50. The molecule has 1 aromatic rings. The number of ketones is 1. The van der Waals surface area contributed by atoms with Crippen LogP contribution in [-0.4, -0.2) is 10.8 Å². The van der Waals surface area contributed by atoms with Crippen molar-refractivity contribution < 1.29 is 4.79 Å². The lowest BCUT2D eigenvalue weighted by atomic mass is 10.1. The van der Waals surface area contributed by atoms with Crippen LogP contribution in [-0.2, 0) is 6.42 Å². The van der Waals surface area contributed by atoms with E-state index in [-0.39, 0.29) is 11.7 Å². The summed E-state index contributed by atoms with van der Waals surface area (Å²) in [7, 11) is 0. The summed E-state index contributed by atoms with van der Waals surface area (Å²) < 4.78 is 0. The summed E-state index contributed by atoms with van der Waals surface area (Å²) in [5, 5.41) is 1.14. The van der Waals surface area contributed by atoms with Crippen LogP contribution in [0.4, 0.5) is 0 Å². The summed E-state index contributed by atoms with van der Waals surface area (Å²) in [6, 6.07) is 0. The largest absolute Gasteiger partial charge is 0.293 e. The highest BCUT2D eigenvalue weighted by molar-refractivity contribution is 7.13. The molecule has 0 N–H and O–H groups in total. The quantitative estimate of drug-likeness (QED) is 0.714. The zero-order valence-corrected chi connectivity index (χ0v) is 9.43. The molecule has 0 aliphatic heterocycles. The Morgan fingerprint density at radius 1 is 1.64 bits per heavy atom. The first-order valence-corrected chi connectivity index (χ1v) is 5.97. The standard InChI is InChI=1S/C11H15NOS/c1-7(2)11(13)9-6-12-10(14-9)5-8-3-4-8/h6-8H,3-5H2,1-2H3. The molecule has 0 bridgehead atoms. The van der Waals surface area contributed by atoms with Gasteiger partial charge in [0.25, 0.3) is 0 Å². The molecule has 1 heterocycles.